The lowest BCUT2D eigenvalue weighted by Gasteiger charge is -2.23. The van der Waals surface area contributed by atoms with Crippen molar-refractivity contribution in [3.63, 3.8) is 0 Å². The van der Waals surface area contributed by atoms with E-state index in [-0.39, 0.29) is 16.5 Å². The average Bonchev–Trinajstić information content (AvgIpc) is 3.12. The SMILES string of the molecule is COCCN1CCCN(S(=O)(=O)c2ccc(N(C)C(=O)c3cnc4cccnc4c3)c(N)c2)CC1. The molecule has 4 rings (SSSR count). The first-order chi connectivity index (χ1) is 16.8. The number of rotatable bonds is 7. The summed E-state index contributed by atoms with van der Waals surface area (Å²) in [6, 6.07) is 9.75. The van der Waals surface area contributed by atoms with Crippen LogP contribution in [-0.2, 0) is 14.8 Å². The van der Waals surface area contributed by atoms with Crippen LogP contribution in [0.15, 0.2) is 53.7 Å². The topological polar surface area (TPSA) is 122 Å². The molecule has 35 heavy (non-hydrogen) atoms. The number of ether oxygens (including phenoxy) is 1. The van der Waals surface area contributed by atoms with Crippen LogP contribution in [0.5, 0.6) is 0 Å². The molecule has 2 aromatic heterocycles. The number of amides is 1. The molecule has 0 saturated carbocycles. The van der Waals surface area contributed by atoms with Crippen LogP contribution in [-0.4, -0.2) is 87.0 Å². The molecule has 1 saturated heterocycles. The number of aromatic nitrogens is 2. The molecule has 11 heteroatoms. The van der Waals surface area contributed by atoms with Gasteiger partial charge in [0.25, 0.3) is 5.91 Å². The molecule has 1 fully saturated rings. The van der Waals surface area contributed by atoms with Crippen molar-refractivity contribution >= 4 is 38.3 Å². The normalized spacial score (nSPS) is 15.7. The molecule has 1 aromatic carbocycles. The summed E-state index contributed by atoms with van der Waals surface area (Å²) < 4.78 is 33.2. The zero-order valence-electron chi connectivity index (χ0n) is 19.9. The number of sulfonamides is 1. The second-order valence-corrected chi connectivity index (χ2v) is 10.4. The molecule has 0 spiro atoms. The number of benzene rings is 1. The van der Waals surface area contributed by atoms with E-state index >= 15 is 0 Å². The number of methoxy groups -OCH3 is 1. The van der Waals surface area contributed by atoms with E-state index < -0.39 is 10.0 Å². The van der Waals surface area contributed by atoms with Crippen molar-refractivity contribution in [1.29, 1.82) is 0 Å². The van der Waals surface area contributed by atoms with Gasteiger partial charge in [-0.2, -0.15) is 4.31 Å². The van der Waals surface area contributed by atoms with Gasteiger partial charge in [-0.1, -0.05) is 0 Å². The van der Waals surface area contributed by atoms with Gasteiger partial charge in [0, 0.05) is 52.7 Å². The number of nitrogens with zero attached hydrogens (tertiary/aromatic N) is 5. The average molecular weight is 499 g/mol. The molecule has 0 aliphatic carbocycles. The summed E-state index contributed by atoms with van der Waals surface area (Å²) >= 11 is 0. The largest absolute Gasteiger partial charge is 0.397 e. The fourth-order valence-corrected chi connectivity index (χ4v) is 5.66. The van der Waals surface area contributed by atoms with Gasteiger partial charge in [-0.15, -0.1) is 0 Å². The number of pyridine rings is 2. The highest BCUT2D eigenvalue weighted by Gasteiger charge is 2.28. The number of hydrogen-bond donors (Lipinski definition) is 1. The minimum absolute atomic E-state index is 0.113. The lowest BCUT2D eigenvalue weighted by Crippen LogP contribution is -2.36. The van der Waals surface area contributed by atoms with Crippen LogP contribution >= 0.6 is 0 Å². The highest BCUT2D eigenvalue weighted by atomic mass is 32.2. The van der Waals surface area contributed by atoms with E-state index in [0.29, 0.717) is 48.5 Å². The van der Waals surface area contributed by atoms with E-state index in [2.05, 4.69) is 14.9 Å². The number of carbonyl (C=O) groups excluding carboxylic acids is 1. The zero-order valence-corrected chi connectivity index (χ0v) is 20.7. The Morgan fingerprint density at radius 2 is 1.94 bits per heavy atom. The molecule has 186 valence electrons. The van der Waals surface area contributed by atoms with Crippen molar-refractivity contribution in [1.82, 2.24) is 19.2 Å². The summed E-state index contributed by atoms with van der Waals surface area (Å²) in [6.07, 6.45) is 3.87. The first-order valence-electron chi connectivity index (χ1n) is 11.4. The third kappa shape index (κ3) is 5.43. The zero-order chi connectivity index (χ0) is 25.0. The molecular weight excluding hydrogens is 468 g/mol. The minimum atomic E-state index is -3.72. The molecule has 3 heterocycles. The molecule has 0 radical (unpaired) electrons. The van der Waals surface area contributed by atoms with Gasteiger partial charge >= 0.3 is 0 Å². The monoisotopic (exact) mass is 498 g/mol. The Bertz CT molecular complexity index is 1320. The summed E-state index contributed by atoms with van der Waals surface area (Å²) in [4.78, 5) is 25.3. The summed E-state index contributed by atoms with van der Waals surface area (Å²) in [5.41, 5.74) is 8.51. The Kier molecular flexibility index (Phi) is 7.60. The Hall–Kier alpha value is -3.12. The molecule has 0 unspecified atom stereocenters. The maximum Gasteiger partial charge on any atom is 0.259 e. The van der Waals surface area contributed by atoms with Gasteiger partial charge in [0.2, 0.25) is 10.0 Å². The van der Waals surface area contributed by atoms with Crippen LogP contribution in [0, 0.1) is 0 Å². The second kappa shape index (κ2) is 10.6. The number of carbonyl (C=O) groups is 1. The third-order valence-electron chi connectivity index (χ3n) is 6.16. The molecule has 10 nitrogen and oxygen atoms in total. The molecular formula is C24H30N6O4S. The van der Waals surface area contributed by atoms with Crippen molar-refractivity contribution in [2.75, 3.05) is 64.1 Å². The molecule has 3 aromatic rings. The summed E-state index contributed by atoms with van der Waals surface area (Å²) in [5.74, 6) is -0.323. The van der Waals surface area contributed by atoms with Crippen LogP contribution < -0.4 is 10.6 Å². The smallest absolute Gasteiger partial charge is 0.259 e. The van der Waals surface area contributed by atoms with Crippen molar-refractivity contribution < 1.29 is 17.9 Å². The molecule has 0 atom stereocenters. The molecule has 1 aliphatic rings. The Balaban J connectivity index is 1.51. The fourth-order valence-electron chi connectivity index (χ4n) is 4.15. The van der Waals surface area contributed by atoms with Crippen LogP contribution in [0.25, 0.3) is 11.0 Å². The van der Waals surface area contributed by atoms with Crippen LogP contribution in [0.2, 0.25) is 0 Å². The number of nitrogens with two attached hydrogens (primary N) is 1. The number of hydrogen-bond acceptors (Lipinski definition) is 8. The van der Waals surface area contributed by atoms with Gasteiger partial charge < -0.3 is 15.4 Å². The lowest BCUT2D eigenvalue weighted by molar-refractivity contribution is 0.0993. The highest BCUT2D eigenvalue weighted by Crippen LogP contribution is 2.29. The van der Waals surface area contributed by atoms with Crippen LogP contribution in [0.3, 0.4) is 0 Å². The maximum absolute atomic E-state index is 13.3. The van der Waals surface area contributed by atoms with Crippen LogP contribution in [0.4, 0.5) is 11.4 Å². The van der Waals surface area contributed by atoms with E-state index in [0.717, 1.165) is 19.5 Å². The van der Waals surface area contributed by atoms with Crippen LogP contribution in [0.1, 0.15) is 16.8 Å². The highest BCUT2D eigenvalue weighted by molar-refractivity contribution is 7.89. The molecule has 2 N–H and O–H groups in total. The maximum atomic E-state index is 13.3. The van der Waals surface area contributed by atoms with Crippen molar-refractivity contribution in [3.05, 3.63) is 54.4 Å². The summed E-state index contributed by atoms with van der Waals surface area (Å²) in [7, 11) is -0.469. The van der Waals surface area contributed by atoms with Crippen molar-refractivity contribution in [3.8, 4) is 0 Å². The molecule has 0 bridgehead atoms. The Morgan fingerprint density at radius 3 is 2.71 bits per heavy atom. The van der Waals surface area contributed by atoms with Gasteiger partial charge in [0.1, 0.15) is 0 Å². The van der Waals surface area contributed by atoms with Crippen molar-refractivity contribution in [2.45, 2.75) is 11.3 Å². The Labute approximate surface area is 205 Å². The summed E-state index contributed by atoms with van der Waals surface area (Å²) in [5, 5.41) is 0. The summed E-state index contributed by atoms with van der Waals surface area (Å²) in [6.45, 7) is 3.69. The first kappa shape index (κ1) is 25.0. The van der Waals surface area contributed by atoms with Gasteiger partial charge in [0.15, 0.2) is 0 Å². The van der Waals surface area contributed by atoms with E-state index in [1.165, 1.54) is 27.5 Å². The van der Waals surface area contributed by atoms with E-state index in [9.17, 15) is 13.2 Å². The lowest BCUT2D eigenvalue weighted by atomic mass is 10.2. The van der Waals surface area contributed by atoms with E-state index in [4.69, 9.17) is 10.5 Å². The second-order valence-electron chi connectivity index (χ2n) is 8.44. The van der Waals surface area contributed by atoms with E-state index in [1.807, 2.05) is 6.07 Å². The molecule has 1 aliphatic heterocycles. The van der Waals surface area contributed by atoms with Crippen molar-refractivity contribution in [2.24, 2.45) is 0 Å². The number of nitrogen functional groups attached to an aromatic ring is 1. The van der Waals surface area contributed by atoms with Gasteiger partial charge in [0.05, 0.1) is 39.5 Å². The predicted octanol–water partition coefficient (Wildman–Crippen LogP) is 1.83. The van der Waals surface area contributed by atoms with E-state index in [1.54, 1.807) is 38.6 Å². The minimum Gasteiger partial charge on any atom is -0.397 e. The standard InChI is InChI=1S/C24H30N6O4S/c1-28(24(31)18-15-22-21(27-17-18)5-3-8-26-22)23-7-6-19(16-20(23)25)35(32,33)30-10-4-9-29(11-12-30)13-14-34-2/h3,5-8,15-17H,4,9-14,25H2,1-2H3. The quantitative estimate of drug-likeness (QED) is 0.490. The number of fused-ring (bicyclic) bond motifs is 1. The van der Waals surface area contributed by atoms with Gasteiger partial charge in [-0.25, -0.2) is 8.42 Å². The van der Waals surface area contributed by atoms with Gasteiger partial charge in [-0.3, -0.25) is 19.7 Å². The first-order valence-corrected chi connectivity index (χ1v) is 12.8. The van der Waals surface area contributed by atoms with Gasteiger partial charge in [-0.05, 0) is 49.4 Å². The Morgan fingerprint density at radius 1 is 1.11 bits per heavy atom. The molecule has 1 amide bonds. The third-order valence-corrected chi connectivity index (χ3v) is 8.05. The number of anilines is 2. The predicted molar refractivity (Wildman–Crippen MR) is 135 cm³/mol. The fraction of sp³-hybridized carbons (Fsp3) is 0.375.